The molecule has 0 saturated heterocycles. The number of benzene rings is 2. The number of carbonyl (C=O) groups excluding carboxylic acids is 3. The highest BCUT2D eigenvalue weighted by molar-refractivity contribution is 6.08. The van der Waals surface area contributed by atoms with Crippen molar-refractivity contribution in [1.29, 1.82) is 0 Å². The van der Waals surface area contributed by atoms with E-state index >= 15 is 0 Å². The second kappa shape index (κ2) is 14.7. The maximum Gasteiger partial charge on any atom is 0.416 e. The molecular formula is C37H28F3N7O3. The van der Waals surface area contributed by atoms with Crippen LogP contribution in [0, 0.1) is 0 Å². The molecule has 3 N–H and O–H groups in total. The van der Waals surface area contributed by atoms with Gasteiger partial charge in [-0.15, -0.1) is 0 Å². The first kappa shape index (κ1) is 33.4. The first-order valence-corrected chi connectivity index (χ1v) is 15.4. The summed E-state index contributed by atoms with van der Waals surface area (Å²) in [5.74, 6) is -1.28. The number of anilines is 1. The summed E-state index contributed by atoms with van der Waals surface area (Å²) < 4.78 is 39.1. The van der Waals surface area contributed by atoms with E-state index in [4.69, 9.17) is 0 Å². The minimum Gasteiger partial charge on any atom is -0.354 e. The molecule has 2 aromatic carbocycles. The van der Waals surface area contributed by atoms with Gasteiger partial charge in [-0.05, 0) is 78.9 Å². The second-order valence-corrected chi connectivity index (χ2v) is 11.1. The molecule has 0 unspecified atom stereocenters. The van der Waals surface area contributed by atoms with Crippen molar-refractivity contribution in [2.75, 3.05) is 11.9 Å². The molecule has 3 amide bonds. The van der Waals surface area contributed by atoms with Crippen molar-refractivity contribution in [2.45, 2.75) is 18.6 Å². The molecular weight excluding hydrogens is 647 g/mol. The molecule has 50 heavy (non-hydrogen) atoms. The average molecular weight is 676 g/mol. The lowest BCUT2D eigenvalue weighted by Gasteiger charge is -2.18. The third-order valence-electron chi connectivity index (χ3n) is 7.66. The van der Waals surface area contributed by atoms with Gasteiger partial charge in [-0.3, -0.25) is 29.3 Å². The van der Waals surface area contributed by atoms with Crippen molar-refractivity contribution in [1.82, 2.24) is 30.6 Å². The molecule has 0 aliphatic carbocycles. The molecule has 0 aliphatic heterocycles. The lowest BCUT2D eigenvalue weighted by molar-refractivity contribution is -0.137. The number of alkyl halides is 3. The van der Waals surface area contributed by atoms with Crippen LogP contribution >= 0.6 is 0 Å². The van der Waals surface area contributed by atoms with E-state index in [2.05, 4.69) is 35.9 Å². The van der Waals surface area contributed by atoms with E-state index in [1.807, 2.05) is 18.2 Å². The van der Waals surface area contributed by atoms with Gasteiger partial charge in [-0.1, -0.05) is 24.3 Å². The van der Waals surface area contributed by atoms with Gasteiger partial charge in [0.1, 0.15) is 5.82 Å². The summed E-state index contributed by atoms with van der Waals surface area (Å²) in [7, 11) is 0. The summed E-state index contributed by atoms with van der Waals surface area (Å²) in [6.07, 6.45) is 0.683. The quantitative estimate of drug-likeness (QED) is 0.157. The van der Waals surface area contributed by atoms with Crippen molar-refractivity contribution < 1.29 is 27.6 Å². The van der Waals surface area contributed by atoms with Gasteiger partial charge in [-0.25, -0.2) is 4.98 Å². The Bertz CT molecular complexity index is 2150. The number of hydrogen-bond donors (Lipinski definition) is 3. The molecule has 0 spiro atoms. The standard InChI is InChI=1S/C37H28F3N7O3/c38-37(39,40)26-13-9-23(10-14-26)32-28(7-5-20-43-32)35(49)46-31-16-12-24-22-25(11-15-29(24)45-31)34(48)47-33(30-8-2-4-19-42-30)36(50)44-21-17-27-6-1-3-18-41-27/h1-16,18-20,22,33H,17,21H2,(H,44,50)(H,47,48)(H,45,46,49)/t33-/m0/s1. The van der Waals surface area contributed by atoms with Crippen LogP contribution in [0.1, 0.15) is 43.7 Å². The molecule has 4 aromatic heterocycles. The molecule has 6 aromatic rings. The predicted molar refractivity (Wildman–Crippen MR) is 180 cm³/mol. The first-order valence-electron chi connectivity index (χ1n) is 15.4. The van der Waals surface area contributed by atoms with E-state index in [-0.39, 0.29) is 22.6 Å². The fraction of sp³-hybridized carbons (Fsp3) is 0.108. The zero-order valence-electron chi connectivity index (χ0n) is 26.2. The van der Waals surface area contributed by atoms with Gasteiger partial charge in [-0.2, -0.15) is 13.2 Å². The number of halogens is 3. The Morgan fingerprint density at radius 1 is 0.740 bits per heavy atom. The molecule has 10 nitrogen and oxygen atoms in total. The maximum atomic E-state index is 13.4. The summed E-state index contributed by atoms with van der Waals surface area (Å²) in [4.78, 5) is 57.1. The Morgan fingerprint density at radius 2 is 1.50 bits per heavy atom. The summed E-state index contributed by atoms with van der Waals surface area (Å²) in [5.41, 5.74) is 1.82. The Kier molecular flexibility index (Phi) is 9.84. The van der Waals surface area contributed by atoms with Crippen LogP contribution in [-0.4, -0.2) is 44.2 Å². The number of amides is 3. The monoisotopic (exact) mass is 675 g/mol. The minimum absolute atomic E-state index is 0.143. The number of nitrogens with one attached hydrogen (secondary N) is 3. The largest absolute Gasteiger partial charge is 0.416 e. The van der Waals surface area contributed by atoms with Crippen LogP contribution in [0.25, 0.3) is 22.2 Å². The van der Waals surface area contributed by atoms with Crippen LogP contribution < -0.4 is 16.0 Å². The van der Waals surface area contributed by atoms with Crippen LogP contribution in [0.2, 0.25) is 0 Å². The lowest BCUT2D eigenvalue weighted by Crippen LogP contribution is -2.41. The Labute approximate surface area is 283 Å². The molecule has 4 heterocycles. The fourth-order valence-electron chi connectivity index (χ4n) is 5.15. The molecule has 0 aliphatic rings. The van der Waals surface area contributed by atoms with Gasteiger partial charge in [0.05, 0.1) is 28.0 Å². The second-order valence-electron chi connectivity index (χ2n) is 11.1. The number of pyridine rings is 4. The molecule has 0 radical (unpaired) electrons. The Morgan fingerprint density at radius 3 is 2.22 bits per heavy atom. The van der Waals surface area contributed by atoms with Crippen molar-refractivity contribution in [3.63, 3.8) is 0 Å². The molecule has 13 heteroatoms. The number of carbonyl (C=O) groups is 3. The number of rotatable bonds is 10. The molecule has 250 valence electrons. The Balaban J connectivity index is 1.15. The maximum absolute atomic E-state index is 13.4. The number of aromatic nitrogens is 4. The van der Waals surface area contributed by atoms with Crippen LogP contribution in [-0.2, 0) is 17.4 Å². The normalized spacial score (nSPS) is 11.8. The topological polar surface area (TPSA) is 139 Å². The van der Waals surface area contributed by atoms with E-state index in [9.17, 15) is 27.6 Å². The highest BCUT2D eigenvalue weighted by Gasteiger charge is 2.30. The third kappa shape index (κ3) is 7.96. The van der Waals surface area contributed by atoms with E-state index < -0.39 is 35.5 Å². The van der Waals surface area contributed by atoms with Crippen molar-refractivity contribution in [3.8, 4) is 11.3 Å². The van der Waals surface area contributed by atoms with Crippen molar-refractivity contribution in [2.24, 2.45) is 0 Å². The first-order chi connectivity index (χ1) is 24.2. The van der Waals surface area contributed by atoms with Gasteiger partial charge in [0.2, 0.25) is 5.91 Å². The lowest BCUT2D eigenvalue weighted by atomic mass is 10.0. The Hall–Kier alpha value is -6.50. The average Bonchev–Trinajstić information content (AvgIpc) is 3.14. The van der Waals surface area contributed by atoms with Crippen molar-refractivity contribution >= 4 is 34.4 Å². The number of nitrogens with zero attached hydrogens (tertiary/aromatic N) is 4. The van der Waals surface area contributed by atoms with Gasteiger partial charge < -0.3 is 16.0 Å². The van der Waals surface area contributed by atoms with Crippen molar-refractivity contribution in [3.05, 3.63) is 150 Å². The number of hydrogen-bond acceptors (Lipinski definition) is 7. The van der Waals surface area contributed by atoms with E-state index in [0.29, 0.717) is 35.1 Å². The summed E-state index contributed by atoms with van der Waals surface area (Å²) in [6.45, 7) is 0.312. The van der Waals surface area contributed by atoms with Gasteiger partial charge in [0.25, 0.3) is 11.8 Å². The summed E-state index contributed by atoms with van der Waals surface area (Å²) in [6, 6.07) is 25.0. The summed E-state index contributed by atoms with van der Waals surface area (Å²) >= 11 is 0. The zero-order valence-corrected chi connectivity index (χ0v) is 26.2. The summed E-state index contributed by atoms with van der Waals surface area (Å²) in [5, 5.41) is 8.93. The SMILES string of the molecule is O=C(N[C@H](C(=O)NCCc1ccccn1)c1ccccn1)c1ccc2nc(NC(=O)c3cccnc3-c3ccc(C(F)(F)F)cc3)ccc2c1. The fourth-order valence-corrected chi connectivity index (χ4v) is 5.15. The number of fused-ring (bicyclic) bond motifs is 1. The van der Waals surface area contributed by atoms with Gasteiger partial charge >= 0.3 is 6.18 Å². The van der Waals surface area contributed by atoms with E-state index in [0.717, 1.165) is 17.8 Å². The highest BCUT2D eigenvalue weighted by atomic mass is 19.4. The van der Waals surface area contributed by atoms with Crippen LogP contribution in [0.4, 0.5) is 19.0 Å². The minimum atomic E-state index is -4.49. The van der Waals surface area contributed by atoms with Gasteiger partial charge in [0, 0.05) is 53.8 Å². The highest BCUT2D eigenvalue weighted by Crippen LogP contribution is 2.31. The molecule has 0 bridgehead atoms. The predicted octanol–water partition coefficient (Wildman–Crippen LogP) is 6.19. The van der Waals surface area contributed by atoms with E-state index in [1.54, 1.807) is 60.8 Å². The van der Waals surface area contributed by atoms with Crippen LogP contribution in [0.5, 0.6) is 0 Å². The van der Waals surface area contributed by atoms with Gasteiger partial charge in [0.15, 0.2) is 6.04 Å². The smallest absolute Gasteiger partial charge is 0.354 e. The molecule has 1 atom stereocenters. The van der Waals surface area contributed by atoms with Crippen LogP contribution in [0.15, 0.2) is 122 Å². The van der Waals surface area contributed by atoms with E-state index in [1.165, 1.54) is 30.6 Å². The zero-order chi connectivity index (χ0) is 35.1. The molecule has 0 saturated carbocycles. The molecule has 0 fully saturated rings. The third-order valence-corrected chi connectivity index (χ3v) is 7.66. The molecule has 6 rings (SSSR count). The van der Waals surface area contributed by atoms with Crippen LogP contribution in [0.3, 0.4) is 0 Å².